The number of rotatable bonds is 4. The van der Waals surface area contributed by atoms with Crippen LogP contribution in [0, 0.1) is 6.92 Å². The van der Waals surface area contributed by atoms with Crippen LogP contribution in [0.25, 0.3) is 0 Å². The smallest absolute Gasteiger partial charge is 0.352 e. The number of ketones is 1. The first-order chi connectivity index (χ1) is 9.99. The zero-order valence-electron chi connectivity index (χ0n) is 10.7. The van der Waals surface area contributed by atoms with Crippen molar-refractivity contribution >= 4 is 52.5 Å². The highest BCUT2D eigenvalue weighted by molar-refractivity contribution is 8.02. The van der Waals surface area contributed by atoms with Gasteiger partial charge in [-0.25, -0.2) is 4.79 Å². The summed E-state index contributed by atoms with van der Waals surface area (Å²) in [7, 11) is 0. The number of aryl methyl sites for hydroxylation is 1. The van der Waals surface area contributed by atoms with Crippen LogP contribution in [0.3, 0.4) is 0 Å². The summed E-state index contributed by atoms with van der Waals surface area (Å²) in [5.74, 6) is -1.60. The average molecular weight is 343 g/mol. The van der Waals surface area contributed by atoms with Crippen LogP contribution >= 0.6 is 34.9 Å². The largest absolute Gasteiger partial charge is 0.477 e. The van der Waals surface area contributed by atoms with Gasteiger partial charge in [-0.2, -0.15) is 0 Å². The van der Waals surface area contributed by atoms with Crippen molar-refractivity contribution in [2.45, 2.75) is 16.6 Å². The number of carbonyl (C=O) groups excluding carboxylic acids is 2. The second-order valence-electron chi connectivity index (χ2n) is 4.34. The highest BCUT2D eigenvalue weighted by Gasteiger charge is 2.52. The third kappa shape index (κ3) is 2.47. The highest BCUT2D eigenvalue weighted by atomic mass is 32.2. The molecule has 7 nitrogen and oxygen atoms in total. The molecule has 2 aliphatic heterocycles. The lowest BCUT2D eigenvalue weighted by atomic mass is 10.1. The molecule has 0 bridgehead atoms. The Balaban J connectivity index is 1.82. The molecule has 2 aliphatic rings. The van der Waals surface area contributed by atoms with Crippen molar-refractivity contribution in [2.75, 3.05) is 11.5 Å². The average Bonchev–Trinajstić information content (AvgIpc) is 2.88. The minimum atomic E-state index is -1.18. The molecule has 3 heterocycles. The summed E-state index contributed by atoms with van der Waals surface area (Å²) in [4.78, 5) is 35.5. The number of thioether (sulfide) groups is 2. The number of hydrogen-bond acceptors (Lipinski definition) is 8. The van der Waals surface area contributed by atoms with Crippen molar-refractivity contribution in [1.82, 2.24) is 15.1 Å². The van der Waals surface area contributed by atoms with E-state index in [4.69, 9.17) is 0 Å². The number of carboxylic acids is 1. The Morgan fingerprint density at radius 1 is 1.48 bits per heavy atom. The highest BCUT2D eigenvalue weighted by Crippen LogP contribution is 2.39. The predicted octanol–water partition coefficient (Wildman–Crippen LogP) is 0.762. The standard InChI is InChI=1S/C11H9N3O4S3/c1-4-12-13-11(21-4)20-3-5-2-19-9-7(15)8(16)14(9)6(5)10(17)18/h9H,2-3H2,1H3,(H,17,18)/t9-/m0/s1. The second kappa shape index (κ2) is 5.43. The maximum Gasteiger partial charge on any atom is 0.352 e. The number of hydrogen-bond donors (Lipinski definition) is 1. The van der Waals surface area contributed by atoms with Crippen molar-refractivity contribution in [2.24, 2.45) is 0 Å². The summed E-state index contributed by atoms with van der Waals surface area (Å²) in [6.45, 7) is 1.84. The van der Waals surface area contributed by atoms with Gasteiger partial charge >= 0.3 is 5.97 Å². The van der Waals surface area contributed by atoms with E-state index in [-0.39, 0.29) is 5.70 Å². The van der Waals surface area contributed by atoms with Crippen molar-refractivity contribution in [3.63, 3.8) is 0 Å². The predicted molar refractivity (Wildman–Crippen MR) is 78.1 cm³/mol. The van der Waals surface area contributed by atoms with E-state index in [2.05, 4.69) is 10.2 Å². The lowest BCUT2D eigenvalue weighted by Gasteiger charge is -2.42. The summed E-state index contributed by atoms with van der Waals surface area (Å²) >= 11 is 4.10. The Morgan fingerprint density at radius 3 is 2.86 bits per heavy atom. The molecule has 0 spiro atoms. The molecular weight excluding hydrogens is 334 g/mol. The summed E-state index contributed by atoms with van der Waals surface area (Å²) < 4.78 is 0.753. The molecule has 0 aliphatic carbocycles. The molecule has 1 aromatic heterocycles. The maximum absolute atomic E-state index is 11.6. The molecule has 10 heteroatoms. The van der Waals surface area contributed by atoms with Gasteiger partial charge in [0.1, 0.15) is 10.7 Å². The Morgan fingerprint density at radius 2 is 2.24 bits per heavy atom. The third-order valence-corrected chi connectivity index (χ3v) is 6.27. The quantitative estimate of drug-likeness (QED) is 0.486. The Labute approximate surface area is 131 Å². The van der Waals surface area contributed by atoms with E-state index >= 15 is 0 Å². The molecule has 3 rings (SSSR count). The molecule has 110 valence electrons. The normalized spacial score (nSPS) is 21.4. The number of nitrogens with zero attached hydrogens (tertiary/aromatic N) is 3. The van der Waals surface area contributed by atoms with Crippen molar-refractivity contribution < 1.29 is 19.5 Å². The van der Waals surface area contributed by atoms with Gasteiger partial charge in [0.25, 0.3) is 11.7 Å². The monoisotopic (exact) mass is 343 g/mol. The number of β-lactam (4-membered cyclic amide) rings is 1. The molecular formula is C11H9N3O4S3. The summed E-state index contributed by atoms with van der Waals surface area (Å²) in [6, 6.07) is 0. The van der Waals surface area contributed by atoms with Crippen molar-refractivity contribution in [3.8, 4) is 0 Å². The van der Waals surface area contributed by atoms with Crippen LogP contribution in [0.4, 0.5) is 0 Å². The number of aromatic nitrogens is 2. The van der Waals surface area contributed by atoms with Crippen LogP contribution < -0.4 is 0 Å². The Hall–Kier alpha value is -1.39. The van der Waals surface area contributed by atoms with Gasteiger partial charge in [0.15, 0.2) is 9.71 Å². The van der Waals surface area contributed by atoms with E-state index in [1.807, 2.05) is 6.92 Å². The van der Waals surface area contributed by atoms with Gasteiger partial charge in [-0.3, -0.25) is 14.5 Å². The second-order valence-corrected chi connectivity index (χ2v) is 7.81. The number of amides is 1. The van der Waals surface area contributed by atoms with Crippen LogP contribution in [-0.4, -0.2) is 54.7 Å². The van der Waals surface area contributed by atoms with Crippen LogP contribution in [0.2, 0.25) is 0 Å². The van der Waals surface area contributed by atoms with E-state index in [0.717, 1.165) is 14.2 Å². The molecule has 0 unspecified atom stereocenters. The van der Waals surface area contributed by atoms with Gasteiger partial charge in [0, 0.05) is 11.5 Å². The van der Waals surface area contributed by atoms with Gasteiger partial charge in [-0.15, -0.1) is 22.0 Å². The lowest BCUT2D eigenvalue weighted by Crippen LogP contribution is -2.62. The molecule has 0 saturated carbocycles. The van der Waals surface area contributed by atoms with E-state index in [1.54, 1.807) is 0 Å². The molecule has 0 radical (unpaired) electrons. The van der Waals surface area contributed by atoms with Crippen molar-refractivity contribution in [1.29, 1.82) is 0 Å². The summed E-state index contributed by atoms with van der Waals surface area (Å²) in [5, 5.41) is 17.4. The van der Waals surface area contributed by atoms with Gasteiger partial charge < -0.3 is 5.11 Å². The first kappa shape index (κ1) is 14.5. The Kier molecular flexibility index (Phi) is 3.76. The van der Waals surface area contributed by atoms with Gasteiger partial charge in [-0.1, -0.05) is 23.1 Å². The number of carboxylic acid groups (broad SMARTS) is 1. The summed E-state index contributed by atoms with van der Waals surface area (Å²) in [5.41, 5.74) is 0.569. The fourth-order valence-electron chi connectivity index (χ4n) is 2.02. The third-order valence-electron chi connectivity index (χ3n) is 2.96. The molecule has 1 aromatic rings. The van der Waals surface area contributed by atoms with Crippen LogP contribution in [0.1, 0.15) is 5.01 Å². The first-order valence-corrected chi connectivity index (χ1v) is 8.71. The maximum atomic E-state index is 11.6. The van der Waals surface area contributed by atoms with Crippen LogP contribution in [0.15, 0.2) is 15.6 Å². The lowest BCUT2D eigenvalue weighted by molar-refractivity contribution is -0.156. The van der Waals surface area contributed by atoms with E-state index < -0.39 is 23.0 Å². The molecule has 1 N–H and O–H groups in total. The van der Waals surface area contributed by atoms with Gasteiger partial charge in [0.2, 0.25) is 0 Å². The number of carbonyl (C=O) groups is 3. The van der Waals surface area contributed by atoms with E-state index in [0.29, 0.717) is 17.1 Å². The zero-order valence-corrected chi connectivity index (χ0v) is 13.2. The van der Waals surface area contributed by atoms with E-state index in [9.17, 15) is 19.5 Å². The number of Topliss-reactive ketones (excluding diaryl/α,β-unsaturated/α-hetero) is 1. The molecule has 0 aromatic carbocycles. The van der Waals surface area contributed by atoms with Crippen molar-refractivity contribution in [3.05, 3.63) is 16.3 Å². The number of fused-ring (bicyclic) bond motifs is 1. The molecule has 1 fully saturated rings. The fourth-order valence-corrected chi connectivity index (χ4v) is 5.17. The summed E-state index contributed by atoms with van der Waals surface area (Å²) in [6.07, 6.45) is 0. The van der Waals surface area contributed by atoms with E-state index in [1.165, 1.54) is 34.9 Å². The van der Waals surface area contributed by atoms with Crippen LogP contribution in [-0.2, 0) is 14.4 Å². The van der Waals surface area contributed by atoms with Gasteiger partial charge in [-0.05, 0) is 12.5 Å². The minimum absolute atomic E-state index is 0.0583. The Bertz CT molecular complexity index is 684. The molecule has 21 heavy (non-hydrogen) atoms. The molecule has 1 atom stereocenters. The number of aliphatic carboxylic acids is 1. The fraction of sp³-hybridized carbons (Fsp3) is 0.364. The van der Waals surface area contributed by atoms with Crippen LogP contribution in [0.5, 0.6) is 0 Å². The van der Waals surface area contributed by atoms with Gasteiger partial charge in [0.05, 0.1) is 0 Å². The molecule has 1 amide bonds. The minimum Gasteiger partial charge on any atom is -0.477 e. The molecule has 1 saturated heterocycles. The SMILES string of the molecule is Cc1nnc(SCC2=C(C(=O)O)N3C(=O)C(=O)[C@@H]3SC2)s1. The zero-order chi connectivity index (χ0) is 15.1. The topological polar surface area (TPSA) is 100 Å². The first-order valence-electron chi connectivity index (χ1n) is 5.86.